The molecule has 0 aliphatic rings. The molecule has 0 aliphatic heterocycles. The second-order valence-corrected chi connectivity index (χ2v) is 5.35. The summed E-state index contributed by atoms with van der Waals surface area (Å²) in [5.41, 5.74) is 1.22. The fourth-order valence-corrected chi connectivity index (χ4v) is 2.18. The van der Waals surface area contributed by atoms with Crippen LogP contribution in [-0.2, 0) is 14.3 Å². The van der Waals surface area contributed by atoms with Crippen molar-refractivity contribution in [1.29, 1.82) is 0 Å². The number of carbonyl (C=O) groups is 2. The van der Waals surface area contributed by atoms with E-state index < -0.39 is 18.5 Å². The first-order valence-electron chi connectivity index (χ1n) is 7.71. The van der Waals surface area contributed by atoms with E-state index in [2.05, 4.69) is 5.32 Å². The van der Waals surface area contributed by atoms with Gasteiger partial charge in [0.2, 0.25) is 0 Å². The second kappa shape index (κ2) is 9.49. The predicted octanol–water partition coefficient (Wildman–Crippen LogP) is 3.93. The maximum Gasteiger partial charge on any atom is 0.331 e. The number of rotatable bonds is 7. The number of halogens is 1. The van der Waals surface area contributed by atoms with E-state index >= 15 is 0 Å². The Morgan fingerprint density at radius 2 is 1.84 bits per heavy atom. The van der Waals surface area contributed by atoms with Crippen LogP contribution in [0.15, 0.2) is 54.6 Å². The third-order valence-electron chi connectivity index (χ3n) is 3.11. The number of esters is 1. The minimum atomic E-state index is -0.624. The Morgan fingerprint density at radius 3 is 2.60 bits per heavy atom. The molecule has 5 nitrogen and oxygen atoms in total. The fourth-order valence-electron chi connectivity index (χ4n) is 2.00. The SMILES string of the molecule is CCOc1ccccc1/C=C/C(=O)OCC(=O)Nc1ccccc1Cl. The summed E-state index contributed by atoms with van der Waals surface area (Å²) in [4.78, 5) is 23.5. The van der Waals surface area contributed by atoms with Gasteiger partial charge in [-0.2, -0.15) is 0 Å². The van der Waals surface area contributed by atoms with Gasteiger partial charge in [-0.1, -0.05) is 41.9 Å². The lowest BCUT2D eigenvalue weighted by Crippen LogP contribution is -2.20. The van der Waals surface area contributed by atoms with Crippen LogP contribution in [0.4, 0.5) is 5.69 Å². The van der Waals surface area contributed by atoms with E-state index in [1.807, 2.05) is 31.2 Å². The maximum atomic E-state index is 11.8. The highest BCUT2D eigenvalue weighted by Crippen LogP contribution is 2.20. The zero-order valence-corrected chi connectivity index (χ0v) is 14.5. The number of ether oxygens (including phenoxy) is 2. The summed E-state index contributed by atoms with van der Waals surface area (Å²) in [5, 5.41) is 2.98. The number of anilines is 1. The Morgan fingerprint density at radius 1 is 1.12 bits per heavy atom. The van der Waals surface area contributed by atoms with Crippen molar-refractivity contribution >= 4 is 35.2 Å². The number of amides is 1. The number of benzene rings is 2. The van der Waals surface area contributed by atoms with Gasteiger partial charge in [0.15, 0.2) is 6.61 Å². The quantitative estimate of drug-likeness (QED) is 0.601. The summed E-state index contributed by atoms with van der Waals surface area (Å²) < 4.78 is 10.4. The largest absolute Gasteiger partial charge is 0.493 e. The Bertz CT molecular complexity index is 774. The van der Waals surface area contributed by atoms with Crippen LogP contribution in [0.1, 0.15) is 12.5 Å². The smallest absolute Gasteiger partial charge is 0.331 e. The van der Waals surface area contributed by atoms with Gasteiger partial charge in [0, 0.05) is 11.6 Å². The Labute approximate surface area is 151 Å². The maximum absolute atomic E-state index is 11.8. The zero-order valence-electron chi connectivity index (χ0n) is 13.7. The minimum absolute atomic E-state index is 0.401. The van der Waals surface area contributed by atoms with Gasteiger partial charge in [-0.3, -0.25) is 4.79 Å². The average molecular weight is 360 g/mol. The van der Waals surface area contributed by atoms with Gasteiger partial charge in [-0.25, -0.2) is 4.79 Å². The molecule has 0 bridgehead atoms. The Kier molecular flexibility index (Phi) is 7.04. The normalized spacial score (nSPS) is 10.5. The van der Waals surface area contributed by atoms with Crippen LogP contribution in [0.3, 0.4) is 0 Å². The molecule has 130 valence electrons. The molecule has 0 aromatic heterocycles. The summed E-state index contributed by atoms with van der Waals surface area (Å²) in [6.45, 7) is 2.01. The first-order valence-corrected chi connectivity index (χ1v) is 8.09. The van der Waals surface area contributed by atoms with Crippen molar-refractivity contribution in [3.8, 4) is 5.75 Å². The number of hydrogen-bond acceptors (Lipinski definition) is 4. The molecular weight excluding hydrogens is 342 g/mol. The molecule has 1 amide bonds. The second-order valence-electron chi connectivity index (χ2n) is 4.94. The lowest BCUT2D eigenvalue weighted by molar-refractivity contribution is -0.142. The van der Waals surface area contributed by atoms with Crippen molar-refractivity contribution in [3.63, 3.8) is 0 Å². The van der Waals surface area contributed by atoms with Gasteiger partial charge in [0.25, 0.3) is 5.91 Å². The summed E-state index contributed by atoms with van der Waals surface area (Å²) >= 11 is 5.94. The molecule has 0 spiro atoms. The number of para-hydroxylation sites is 2. The molecule has 0 radical (unpaired) electrons. The molecule has 2 aromatic rings. The highest BCUT2D eigenvalue weighted by molar-refractivity contribution is 6.33. The fraction of sp³-hybridized carbons (Fsp3) is 0.158. The van der Waals surface area contributed by atoms with E-state index in [0.717, 1.165) is 5.56 Å². The van der Waals surface area contributed by atoms with Gasteiger partial charge in [-0.05, 0) is 31.2 Å². The summed E-state index contributed by atoms with van der Waals surface area (Å²) in [6, 6.07) is 14.1. The molecule has 1 N–H and O–H groups in total. The third kappa shape index (κ3) is 5.97. The predicted molar refractivity (Wildman–Crippen MR) is 97.7 cm³/mol. The van der Waals surface area contributed by atoms with E-state index in [4.69, 9.17) is 21.1 Å². The Balaban J connectivity index is 1.86. The average Bonchev–Trinajstić information content (AvgIpc) is 2.61. The van der Waals surface area contributed by atoms with Crippen LogP contribution in [0.2, 0.25) is 5.02 Å². The van der Waals surface area contributed by atoms with Crippen LogP contribution >= 0.6 is 11.6 Å². The van der Waals surface area contributed by atoms with Crippen molar-refractivity contribution < 1.29 is 19.1 Å². The summed E-state index contributed by atoms with van der Waals surface area (Å²) in [6.07, 6.45) is 2.83. The first-order chi connectivity index (χ1) is 12.1. The van der Waals surface area contributed by atoms with Crippen molar-refractivity contribution in [2.45, 2.75) is 6.92 Å². The van der Waals surface area contributed by atoms with E-state index in [1.165, 1.54) is 6.08 Å². The molecule has 0 aliphatic carbocycles. The van der Waals surface area contributed by atoms with E-state index in [0.29, 0.717) is 23.1 Å². The van der Waals surface area contributed by atoms with Crippen LogP contribution in [0, 0.1) is 0 Å². The van der Waals surface area contributed by atoms with Gasteiger partial charge in [0.1, 0.15) is 5.75 Å². The molecule has 0 atom stereocenters. The first kappa shape index (κ1) is 18.5. The van der Waals surface area contributed by atoms with Crippen LogP contribution in [-0.4, -0.2) is 25.1 Å². The highest BCUT2D eigenvalue weighted by atomic mass is 35.5. The van der Waals surface area contributed by atoms with E-state index in [1.54, 1.807) is 30.3 Å². The van der Waals surface area contributed by atoms with Crippen molar-refractivity contribution in [3.05, 3.63) is 65.2 Å². The van der Waals surface area contributed by atoms with Crippen LogP contribution < -0.4 is 10.1 Å². The third-order valence-corrected chi connectivity index (χ3v) is 3.44. The summed E-state index contributed by atoms with van der Waals surface area (Å²) in [7, 11) is 0. The molecule has 0 saturated heterocycles. The molecule has 0 heterocycles. The van der Waals surface area contributed by atoms with Gasteiger partial charge in [-0.15, -0.1) is 0 Å². The molecule has 0 saturated carbocycles. The topological polar surface area (TPSA) is 64.6 Å². The zero-order chi connectivity index (χ0) is 18.1. The molecule has 6 heteroatoms. The number of hydrogen-bond donors (Lipinski definition) is 1. The van der Waals surface area contributed by atoms with Crippen molar-refractivity contribution in [2.24, 2.45) is 0 Å². The van der Waals surface area contributed by atoms with E-state index in [-0.39, 0.29) is 0 Å². The molecule has 25 heavy (non-hydrogen) atoms. The molecule has 2 rings (SSSR count). The molecule has 2 aromatic carbocycles. The standard InChI is InChI=1S/C19H18ClNO4/c1-2-24-17-10-6-3-7-14(17)11-12-19(23)25-13-18(22)21-16-9-5-4-8-15(16)20/h3-12H,2,13H2,1H3,(H,21,22)/b12-11+. The minimum Gasteiger partial charge on any atom is -0.493 e. The summed E-state index contributed by atoms with van der Waals surface area (Å²) in [5.74, 6) is -0.421. The monoisotopic (exact) mass is 359 g/mol. The number of nitrogens with one attached hydrogen (secondary N) is 1. The molecule has 0 unspecified atom stereocenters. The number of carbonyl (C=O) groups excluding carboxylic acids is 2. The van der Waals surface area contributed by atoms with Crippen LogP contribution in [0.25, 0.3) is 6.08 Å². The van der Waals surface area contributed by atoms with Crippen LogP contribution in [0.5, 0.6) is 5.75 Å². The van der Waals surface area contributed by atoms with Gasteiger partial charge < -0.3 is 14.8 Å². The van der Waals surface area contributed by atoms with Crippen molar-refractivity contribution in [2.75, 3.05) is 18.5 Å². The van der Waals surface area contributed by atoms with Gasteiger partial charge >= 0.3 is 5.97 Å². The van der Waals surface area contributed by atoms with Crippen molar-refractivity contribution in [1.82, 2.24) is 0 Å². The van der Waals surface area contributed by atoms with Gasteiger partial charge in [0.05, 0.1) is 17.3 Å². The lowest BCUT2D eigenvalue weighted by Gasteiger charge is -2.07. The highest BCUT2D eigenvalue weighted by Gasteiger charge is 2.08. The Hall–Kier alpha value is -2.79. The lowest BCUT2D eigenvalue weighted by atomic mass is 10.2. The molecular formula is C19H18ClNO4. The van der Waals surface area contributed by atoms with E-state index in [9.17, 15) is 9.59 Å². The molecule has 0 fully saturated rings.